The van der Waals surface area contributed by atoms with Crippen LogP contribution in [0.5, 0.6) is 0 Å². The molecule has 0 saturated carbocycles. The van der Waals surface area contributed by atoms with E-state index in [2.05, 4.69) is 15.0 Å². The van der Waals surface area contributed by atoms with Gasteiger partial charge in [-0.25, -0.2) is 9.97 Å². The maximum Gasteiger partial charge on any atom is 0.249 e. The van der Waals surface area contributed by atoms with Crippen molar-refractivity contribution in [1.29, 1.82) is 0 Å². The molecule has 0 atom stereocenters. The molecule has 12 heavy (non-hydrogen) atoms. The lowest BCUT2D eigenvalue weighted by atomic mass is 10.3. The van der Waals surface area contributed by atoms with Crippen molar-refractivity contribution in [2.75, 3.05) is 0 Å². The minimum atomic E-state index is -0.142. The molecule has 0 fully saturated rings. The Morgan fingerprint density at radius 2 is 2.17 bits per heavy atom. The van der Waals surface area contributed by atoms with E-state index in [-0.39, 0.29) is 22.5 Å². The lowest BCUT2D eigenvalue weighted by molar-refractivity contribution is 1.16. The van der Waals surface area contributed by atoms with E-state index in [4.69, 9.17) is 0 Å². The number of nitrogens with zero attached hydrogens (tertiary/aromatic N) is 2. The Labute approximate surface area is 78.4 Å². The molecule has 0 spiro atoms. The summed E-state index contributed by atoms with van der Waals surface area (Å²) in [6.07, 6.45) is 3.05. The number of hydrogen-bond donors (Lipinski definition) is 1. The number of pyridine rings is 1. The van der Waals surface area contributed by atoms with Crippen LogP contribution in [0.15, 0.2) is 29.5 Å². The summed E-state index contributed by atoms with van der Waals surface area (Å²) >= 11 is 0. The molecule has 2 aromatic heterocycles. The molecule has 0 aliphatic carbocycles. The van der Waals surface area contributed by atoms with Gasteiger partial charge in [0.1, 0.15) is 12.0 Å². The van der Waals surface area contributed by atoms with Crippen LogP contribution < -0.4 is 5.56 Å². The van der Waals surface area contributed by atoms with E-state index in [1.807, 2.05) is 0 Å². The smallest absolute Gasteiger partial charge is 0.249 e. The van der Waals surface area contributed by atoms with E-state index in [0.29, 0.717) is 5.65 Å². The first-order valence-corrected chi connectivity index (χ1v) is 3.15. The second-order valence-electron chi connectivity index (χ2n) is 2.15. The number of aromatic nitrogens is 3. The van der Waals surface area contributed by atoms with Crippen LogP contribution in [0.3, 0.4) is 0 Å². The third-order valence-corrected chi connectivity index (χ3v) is 1.40. The van der Waals surface area contributed by atoms with Crippen LogP contribution in [0.2, 0.25) is 0 Å². The van der Waals surface area contributed by atoms with Gasteiger partial charge in [0.05, 0.1) is 0 Å². The van der Waals surface area contributed by atoms with Gasteiger partial charge in [0.15, 0.2) is 0 Å². The van der Waals surface area contributed by atoms with Crippen LogP contribution in [0, 0.1) is 0 Å². The summed E-state index contributed by atoms with van der Waals surface area (Å²) < 4.78 is 0. The maximum atomic E-state index is 10.8. The molecule has 0 aromatic carbocycles. The average Bonchev–Trinajstić information content (AvgIpc) is 2.04. The van der Waals surface area contributed by atoms with Crippen molar-refractivity contribution in [3.05, 3.63) is 35.0 Å². The van der Waals surface area contributed by atoms with Crippen molar-refractivity contribution in [2.24, 2.45) is 0 Å². The number of fused-ring (bicyclic) bond motifs is 1. The Kier molecular flexibility index (Phi) is 2.54. The molecular weight excluding hydrogens is 222 g/mol. The van der Waals surface area contributed by atoms with Gasteiger partial charge < -0.3 is 4.98 Å². The third-order valence-electron chi connectivity index (χ3n) is 1.40. The van der Waals surface area contributed by atoms with Crippen molar-refractivity contribution in [3.63, 3.8) is 0 Å². The lowest BCUT2D eigenvalue weighted by Crippen LogP contribution is -2.03. The Hall–Kier alpha value is -1.23. The summed E-state index contributed by atoms with van der Waals surface area (Å²) in [6.45, 7) is 0. The number of hydrogen-bond acceptors (Lipinski definition) is 3. The topological polar surface area (TPSA) is 58.6 Å². The molecule has 0 aliphatic rings. The van der Waals surface area contributed by atoms with Crippen LogP contribution in [0.4, 0.5) is 0 Å². The third kappa shape index (κ3) is 1.50. The van der Waals surface area contributed by atoms with E-state index in [9.17, 15) is 4.79 Å². The van der Waals surface area contributed by atoms with Gasteiger partial charge in [-0.1, -0.05) is 0 Å². The van der Waals surface area contributed by atoms with E-state index in [1.54, 1.807) is 12.3 Å². The zero-order valence-electron chi connectivity index (χ0n) is 6.02. The van der Waals surface area contributed by atoms with Crippen molar-refractivity contribution >= 4 is 28.0 Å². The molecule has 0 bridgehead atoms. The van der Waals surface area contributed by atoms with E-state index < -0.39 is 0 Å². The van der Waals surface area contributed by atoms with Crippen molar-refractivity contribution in [1.82, 2.24) is 15.0 Å². The molecule has 0 aliphatic heterocycles. The van der Waals surface area contributed by atoms with Crippen molar-refractivity contribution in [3.8, 4) is 0 Å². The summed E-state index contributed by atoms with van der Waals surface area (Å²) in [7, 11) is 0. The van der Waals surface area contributed by atoms with Crippen LogP contribution in [-0.4, -0.2) is 15.0 Å². The minimum Gasteiger partial charge on any atom is -0.306 e. The summed E-state index contributed by atoms with van der Waals surface area (Å²) in [4.78, 5) is 21.0. The Morgan fingerprint density at radius 1 is 1.33 bits per heavy atom. The maximum absolute atomic E-state index is 10.8. The van der Waals surface area contributed by atoms with Crippen molar-refractivity contribution < 1.29 is 0 Å². The first kappa shape index (κ1) is 8.86. The molecule has 0 radical (unpaired) electrons. The van der Waals surface area contributed by atoms with Crippen LogP contribution in [0.1, 0.15) is 0 Å². The fourth-order valence-electron chi connectivity index (χ4n) is 0.891. The second kappa shape index (κ2) is 3.44. The molecule has 1 N–H and O–H groups in total. The average molecular weight is 228 g/mol. The highest BCUT2D eigenvalue weighted by molar-refractivity contribution is 8.93. The van der Waals surface area contributed by atoms with Crippen molar-refractivity contribution in [2.45, 2.75) is 0 Å². The number of H-pyrrole nitrogens is 1. The Morgan fingerprint density at radius 3 is 3.00 bits per heavy atom. The normalized spacial score (nSPS) is 9.33. The molecule has 5 heteroatoms. The fraction of sp³-hybridized carbons (Fsp3) is 0. The molecule has 0 unspecified atom stereocenters. The fourth-order valence-corrected chi connectivity index (χ4v) is 0.891. The summed E-state index contributed by atoms with van der Waals surface area (Å²) in [5.41, 5.74) is 0.434. The molecule has 0 amide bonds. The van der Waals surface area contributed by atoms with Crippen LogP contribution in [0.25, 0.3) is 11.0 Å². The zero-order valence-corrected chi connectivity index (χ0v) is 7.73. The van der Waals surface area contributed by atoms with Gasteiger partial charge in [0.2, 0.25) is 5.56 Å². The van der Waals surface area contributed by atoms with Gasteiger partial charge in [-0.3, -0.25) is 4.79 Å². The zero-order chi connectivity index (χ0) is 7.68. The molecular formula is C7H6BrN3O. The predicted molar refractivity (Wildman–Crippen MR) is 50.5 cm³/mol. The van der Waals surface area contributed by atoms with E-state index in [0.717, 1.165) is 5.39 Å². The van der Waals surface area contributed by atoms with Gasteiger partial charge in [0.25, 0.3) is 0 Å². The lowest BCUT2D eigenvalue weighted by Gasteiger charge is -1.91. The Balaban J connectivity index is 0.000000720. The summed E-state index contributed by atoms with van der Waals surface area (Å²) in [5, 5.41) is 0.840. The quantitative estimate of drug-likeness (QED) is 0.728. The molecule has 4 nitrogen and oxygen atoms in total. The van der Waals surface area contributed by atoms with Crippen LogP contribution >= 0.6 is 17.0 Å². The highest BCUT2D eigenvalue weighted by Gasteiger charge is 1.91. The summed E-state index contributed by atoms with van der Waals surface area (Å²) in [5.74, 6) is 0. The van der Waals surface area contributed by atoms with Gasteiger partial charge in [0, 0.05) is 17.6 Å². The highest BCUT2D eigenvalue weighted by Crippen LogP contribution is 2.00. The number of halogens is 1. The molecule has 2 rings (SSSR count). The highest BCUT2D eigenvalue weighted by atomic mass is 79.9. The SMILES string of the molecule is Br.O=c1ccc2cncnc2[nH]1. The van der Waals surface area contributed by atoms with E-state index >= 15 is 0 Å². The molecule has 62 valence electrons. The van der Waals surface area contributed by atoms with Gasteiger partial charge in [-0.15, -0.1) is 17.0 Å². The monoisotopic (exact) mass is 227 g/mol. The van der Waals surface area contributed by atoms with Gasteiger partial charge in [-0.2, -0.15) is 0 Å². The Bertz CT molecular complexity index is 440. The first-order valence-electron chi connectivity index (χ1n) is 3.15. The number of rotatable bonds is 0. The minimum absolute atomic E-state index is 0. The predicted octanol–water partition coefficient (Wildman–Crippen LogP) is 0.896. The van der Waals surface area contributed by atoms with Gasteiger partial charge >= 0.3 is 0 Å². The standard InChI is InChI=1S/C7H5N3O.BrH/c11-6-2-1-5-3-8-4-9-7(5)10-6;/h1-4H,(H,8,9,10,11);1H. The largest absolute Gasteiger partial charge is 0.306 e. The van der Waals surface area contributed by atoms with Gasteiger partial charge in [-0.05, 0) is 6.07 Å². The number of aromatic amines is 1. The molecule has 0 saturated heterocycles. The molecule has 2 aromatic rings. The first-order chi connectivity index (χ1) is 5.36. The molecule has 2 heterocycles. The summed E-state index contributed by atoms with van der Waals surface area (Å²) in [6, 6.07) is 3.14. The second-order valence-corrected chi connectivity index (χ2v) is 2.15. The number of nitrogens with one attached hydrogen (secondary N) is 1. The van der Waals surface area contributed by atoms with E-state index in [1.165, 1.54) is 12.4 Å². The van der Waals surface area contributed by atoms with Crippen LogP contribution in [-0.2, 0) is 0 Å².